The normalized spacial score (nSPS) is 17.4. The molecule has 2 aliphatic rings. The van der Waals surface area contributed by atoms with E-state index >= 15 is 0 Å². The molecule has 2 aromatic rings. The van der Waals surface area contributed by atoms with Crippen LogP contribution in [-0.2, 0) is 21.4 Å². The Labute approximate surface area is 168 Å². The van der Waals surface area contributed by atoms with E-state index in [2.05, 4.69) is 9.55 Å². The fourth-order valence-electron chi connectivity index (χ4n) is 3.26. The summed E-state index contributed by atoms with van der Waals surface area (Å²) >= 11 is 0. The first kappa shape index (κ1) is 19.1. The number of hydrogen-bond donors (Lipinski definition) is 0. The second-order valence-corrected chi connectivity index (χ2v) is 8.63. The monoisotopic (exact) mass is 412 g/mol. The van der Waals surface area contributed by atoms with E-state index in [0.29, 0.717) is 23.7 Å². The number of rotatable bonds is 4. The summed E-state index contributed by atoms with van der Waals surface area (Å²) in [4.78, 5) is 16.8. The van der Waals surface area contributed by atoms with Crippen molar-refractivity contribution in [2.24, 2.45) is 4.40 Å². The van der Waals surface area contributed by atoms with Crippen LogP contribution < -0.4 is 4.90 Å². The molecule has 0 aliphatic carbocycles. The predicted molar refractivity (Wildman–Crippen MR) is 109 cm³/mol. The molecule has 9 heteroatoms. The van der Waals surface area contributed by atoms with Crippen LogP contribution in [0.25, 0.3) is 0 Å². The number of carbonyl (C=O) groups is 1. The summed E-state index contributed by atoms with van der Waals surface area (Å²) in [6.45, 7) is 4.23. The number of sulfonamides is 1. The fraction of sp³-hybridized carbons (Fsp3) is 0.250. The van der Waals surface area contributed by atoms with Crippen LogP contribution in [0.15, 0.2) is 63.2 Å². The zero-order valence-electron chi connectivity index (χ0n) is 16.1. The van der Waals surface area contributed by atoms with Crippen LogP contribution in [0.5, 0.6) is 0 Å². The van der Waals surface area contributed by atoms with E-state index in [9.17, 15) is 13.2 Å². The molecular weight excluding hydrogens is 392 g/mol. The largest absolute Gasteiger partial charge is 0.361 e. The van der Waals surface area contributed by atoms with E-state index in [0.717, 1.165) is 16.9 Å². The third-order valence-electron chi connectivity index (χ3n) is 4.88. The molecule has 0 saturated heterocycles. The minimum absolute atomic E-state index is 0.0796. The lowest BCUT2D eigenvalue weighted by molar-refractivity contribution is -0.115. The molecule has 0 spiro atoms. The zero-order valence-corrected chi connectivity index (χ0v) is 16.9. The molecule has 0 atom stereocenters. The third kappa shape index (κ3) is 3.86. The number of amides is 1. The van der Waals surface area contributed by atoms with Crippen molar-refractivity contribution in [2.75, 3.05) is 17.2 Å². The summed E-state index contributed by atoms with van der Waals surface area (Å²) in [6, 6.07) is 9.36. The number of aryl methyl sites for hydroxylation is 2. The van der Waals surface area contributed by atoms with Crippen LogP contribution in [0.4, 0.5) is 5.69 Å². The van der Waals surface area contributed by atoms with Crippen LogP contribution in [-0.4, -0.2) is 42.5 Å². The van der Waals surface area contributed by atoms with Crippen molar-refractivity contribution < 1.29 is 17.7 Å². The highest BCUT2D eigenvalue weighted by molar-refractivity contribution is 7.90. The minimum atomic E-state index is -3.44. The Morgan fingerprint density at radius 3 is 2.66 bits per heavy atom. The van der Waals surface area contributed by atoms with Gasteiger partial charge in [0.15, 0.2) is 0 Å². The van der Waals surface area contributed by atoms with E-state index in [1.165, 1.54) is 0 Å². The van der Waals surface area contributed by atoms with Gasteiger partial charge in [0.25, 0.3) is 15.9 Å². The maximum atomic E-state index is 13.4. The first-order valence-electron chi connectivity index (χ1n) is 9.12. The first-order chi connectivity index (χ1) is 13.8. The molecule has 150 valence electrons. The molecular formula is C20H20N4O4S. The van der Waals surface area contributed by atoms with Gasteiger partial charge >= 0.3 is 0 Å². The average Bonchev–Trinajstić information content (AvgIpc) is 3.03. The molecule has 0 N–H and O–H groups in total. The van der Waals surface area contributed by atoms with Crippen molar-refractivity contribution in [1.29, 1.82) is 0 Å². The Morgan fingerprint density at radius 2 is 1.97 bits per heavy atom. The number of hydrogen-bond acceptors (Lipinski definition) is 6. The van der Waals surface area contributed by atoms with E-state index in [1.807, 2.05) is 44.2 Å². The molecule has 0 saturated carbocycles. The van der Waals surface area contributed by atoms with E-state index < -0.39 is 10.0 Å². The molecule has 4 rings (SSSR count). The highest BCUT2D eigenvalue weighted by Crippen LogP contribution is 2.25. The highest BCUT2D eigenvalue weighted by Gasteiger charge is 2.28. The van der Waals surface area contributed by atoms with Gasteiger partial charge in [-0.3, -0.25) is 4.79 Å². The quantitative estimate of drug-likeness (QED) is 0.765. The molecule has 0 fully saturated rings. The smallest absolute Gasteiger partial charge is 0.260 e. The number of nitrogens with zero attached hydrogens (tertiary/aromatic N) is 4. The topological polar surface area (TPSA) is 96.1 Å². The Kier molecular flexibility index (Phi) is 4.83. The van der Waals surface area contributed by atoms with Gasteiger partial charge in [-0.25, -0.2) is 8.42 Å². The second kappa shape index (κ2) is 7.32. The number of para-hydroxylation sites is 1. The SMILES string of the molecule is Cc1noc(C)c1CN(C(=O)C1=CN2CCS(=O)(=O)N=C2C=C1)c1ccccc1. The maximum Gasteiger partial charge on any atom is 0.260 e. The Balaban J connectivity index is 1.68. The average molecular weight is 412 g/mol. The lowest BCUT2D eigenvalue weighted by atomic mass is 10.1. The number of benzene rings is 1. The van der Waals surface area contributed by atoms with Gasteiger partial charge in [-0.05, 0) is 38.1 Å². The number of aromatic nitrogens is 1. The molecule has 0 unspecified atom stereocenters. The fourth-order valence-corrected chi connectivity index (χ4v) is 4.23. The summed E-state index contributed by atoms with van der Waals surface area (Å²) in [7, 11) is -3.44. The Bertz CT molecular complexity index is 1130. The van der Waals surface area contributed by atoms with Crippen LogP contribution in [0, 0.1) is 13.8 Å². The van der Waals surface area contributed by atoms with Crippen LogP contribution >= 0.6 is 0 Å². The van der Waals surface area contributed by atoms with Gasteiger partial charge in [-0.15, -0.1) is 4.40 Å². The van der Waals surface area contributed by atoms with Gasteiger partial charge < -0.3 is 14.3 Å². The Hall–Kier alpha value is -3.20. The molecule has 2 aliphatic heterocycles. The number of anilines is 1. The van der Waals surface area contributed by atoms with Crippen molar-refractivity contribution in [2.45, 2.75) is 20.4 Å². The lowest BCUT2D eigenvalue weighted by Gasteiger charge is -2.29. The summed E-state index contributed by atoms with van der Waals surface area (Å²) < 4.78 is 32.4. The molecule has 1 amide bonds. The molecule has 8 nitrogen and oxygen atoms in total. The zero-order chi connectivity index (χ0) is 20.6. The van der Waals surface area contributed by atoms with E-state index in [1.54, 1.807) is 28.2 Å². The Morgan fingerprint density at radius 1 is 1.21 bits per heavy atom. The molecule has 1 aromatic carbocycles. The van der Waals surface area contributed by atoms with Crippen molar-refractivity contribution in [3.8, 4) is 0 Å². The van der Waals surface area contributed by atoms with Crippen molar-refractivity contribution in [1.82, 2.24) is 10.1 Å². The molecule has 29 heavy (non-hydrogen) atoms. The van der Waals surface area contributed by atoms with Gasteiger partial charge in [-0.2, -0.15) is 0 Å². The number of amidine groups is 1. The molecule has 3 heterocycles. The molecule has 0 radical (unpaired) electrons. The molecule has 1 aromatic heterocycles. The van der Waals surface area contributed by atoms with Crippen LogP contribution in [0.2, 0.25) is 0 Å². The number of carbonyl (C=O) groups excluding carboxylic acids is 1. The van der Waals surface area contributed by atoms with Gasteiger partial charge in [0.05, 0.1) is 23.6 Å². The molecule has 0 bridgehead atoms. The third-order valence-corrected chi connectivity index (χ3v) is 6.05. The first-order valence-corrected chi connectivity index (χ1v) is 10.7. The summed E-state index contributed by atoms with van der Waals surface area (Å²) in [6.07, 6.45) is 4.81. The van der Waals surface area contributed by atoms with Crippen molar-refractivity contribution in [3.05, 3.63) is 71.3 Å². The van der Waals surface area contributed by atoms with Gasteiger partial charge in [0.1, 0.15) is 11.6 Å². The van der Waals surface area contributed by atoms with Gasteiger partial charge in [-0.1, -0.05) is 23.4 Å². The lowest BCUT2D eigenvalue weighted by Crippen LogP contribution is -2.39. The number of fused-ring (bicyclic) bond motifs is 1. The van der Waals surface area contributed by atoms with E-state index in [-0.39, 0.29) is 18.2 Å². The summed E-state index contributed by atoms with van der Waals surface area (Å²) in [5.41, 5.74) is 2.78. The minimum Gasteiger partial charge on any atom is -0.361 e. The summed E-state index contributed by atoms with van der Waals surface area (Å²) in [5, 5.41) is 3.98. The standard InChI is InChI=1S/C20H20N4O4S/c1-14-18(15(2)28-21-14)13-24(17-6-4-3-5-7-17)20(25)16-8-9-19-22-29(26,27)11-10-23(19)12-16/h3-9,12H,10-11,13H2,1-2H3. The predicted octanol–water partition coefficient (Wildman–Crippen LogP) is 2.32. The van der Waals surface area contributed by atoms with Gasteiger partial charge in [0, 0.05) is 24.0 Å². The van der Waals surface area contributed by atoms with Crippen molar-refractivity contribution >= 4 is 27.5 Å². The van der Waals surface area contributed by atoms with E-state index in [4.69, 9.17) is 4.52 Å². The maximum absolute atomic E-state index is 13.4. The summed E-state index contributed by atoms with van der Waals surface area (Å²) in [5.74, 6) is 0.703. The highest BCUT2D eigenvalue weighted by atomic mass is 32.2. The second-order valence-electron chi connectivity index (χ2n) is 6.88. The van der Waals surface area contributed by atoms with Crippen molar-refractivity contribution in [3.63, 3.8) is 0 Å². The van der Waals surface area contributed by atoms with Crippen LogP contribution in [0.3, 0.4) is 0 Å². The van der Waals surface area contributed by atoms with Crippen LogP contribution in [0.1, 0.15) is 17.0 Å². The van der Waals surface area contributed by atoms with Gasteiger partial charge in [0.2, 0.25) is 0 Å².